The summed E-state index contributed by atoms with van der Waals surface area (Å²) in [6.07, 6.45) is 0. The van der Waals surface area contributed by atoms with Crippen LogP contribution in [0, 0.1) is 0 Å². The van der Waals surface area contributed by atoms with Gasteiger partial charge in [-0.05, 0) is 24.3 Å². The van der Waals surface area contributed by atoms with Crippen molar-refractivity contribution in [3.05, 3.63) is 66.7 Å². The number of aromatic nitrogens is 2. The number of fused-ring (bicyclic) bond motifs is 1. The highest BCUT2D eigenvalue weighted by atomic mass is 16.5. The summed E-state index contributed by atoms with van der Waals surface area (Å²) in [5, 5.41) is 10.8. The molecular formula is C20H16N4O3. The highest BCUT2D eigenvalue weighted by Crippen LogP contribution is 2.31. The summed E-state index contributed by atoms with van der Waals surface area (Å²) in [7, 11) is 0. The molecule has 2 amide bonds. The molecule has 1 aromatic heterocycles. The summed E-state index contributed by atoms with van der Waals surface area (Å²) in [4.78, 5) is 25.9. The summed E-state index contributed by atoms with van der Waals surface area (Å²) < 4.78 is 5.38. The highest BCUT2D eigenvalue weighted by molar-refractivity contribution is 6.04. The van der Waals surface area contributed by atoms with Crippen LogP contribution in [0.3, 0.4) is 0 Å². The minimum absolute atomic E-state index is 0.0874. The SMILES string of the molecule is O=C(CN1C(=O)COc2ccccc21)Nc1ccc(-c2ccccc2)nn1. The second-order valence-corrected chi connectivity index (χ2v) is 5.95. The van der Waals surface area contributed by atoms with Crippen molar-refractivity contribution >= 4 is 23.3 Å². The molecule has 0 atom stereocenters. The minimum Gasteiger partial charge on any atom is -0.482 e. The number of nitrogens with one attached hydrogen (secondary N) is 1. The quantitative estimate of drug-likeness (QED) is 0.773. The lowest BCUT2D eigenvalue weighted by Gasteiger charge is -2.28. The van der Waals surface area contributed by atoms with Crippen molar-refractivity contribution in [3.63, 3.8) is 0 Å². The van der Waals surface area contributed by atoms with Crippen molar-refractivity contribution in [2.75, 3.05) is 23.4 Å². The molecule has 2 heterocycles. The van der Waals surface area contributed by atoms with E-state index in [4.69, 9.17) is 4.74 Å². The average Bonchev–Trinajstić information content (AvgIpc) is 2.71. The molecule has 134 valence electrons. The lowest BCUT2D eigenvalue weighted by molar-refractivity contribution is -0.123. The van der Waals surface area contributed by atoms with Crippen molar-refractivity contribution in [1.29, 1.82) is 0 Å². The van der Waals surface area contributed by atoms with E-state index in [1.807, 2.05) is 36.4 Å². The van der Waals surface area contributed by atoms with Gasteiger partial charge in [-0.15, -0.1) is 10.2 Å². The molecule has 0 spiro atoms. The number of carbonyl (C=O) groups excluding carboxylic acids is 2. The Kier molecular flexibility index (Phi) is 4.49. The van der Waals surface area contributed by atoms with Crippen LogP contribution < -0.4 is 15.0 Å². The molecule has 2 aromatic carbocycles. The standard InChI is InChI=1S/C20H16N4O3/c25-19(12-24-16-8-4-5-9-17(16)27-13-20(24)26)21-18-11-10-15(22-23-18)14-6-2-1-3-7-14/h1-11H,12-13H2,(H,21,23,25). The van der Waals surface area contributed by atoms with Crippen LogP contribution in [-0.2, 0) is 9.59 Å². The largest absolute Gasteiger partial charge is 0.482 e. The number of anilines is 2. The maximum Gasteiger partial charge on any atom is 0.265 e. The molecule has 27 heavy (non-hydrogen) atoms. The van der Waals surface area contributed by atoms with Crippen LogP contribution in [0.5, 0.6) is 5.75 Å². The topological polar surface area (TPSA) is 84.4 Å². The third kappa shape index (κ3) is 3.62. The molecule has 7 heteroatoms. The molecular weight excluding hydrogens is 344 g/mol. The van der Waals surface area contributed by atoms with E-state index in [9.17, 15) is 9.59 Å². The van der Waals surface area contributed by atoms with Gasteiger partial charge >= 0.3 is 0 Å². The van der Waals surface area contributed by atoms with E-state index >= 15 is 0 Å². The van der Waals surface area contributed by atoms with Gasteiger partial charge in [0.1, 0.15) is 12.3 Å². The Labute approximate surface area is 155 Å². The van der Waals surface area contributed by atoms with Crippen LogP contribution in [0.1, 0.15) is 0 Å². The molecule has 0 saturated carbocycles. The van der Waals surface area contributed by atoms with Crippen molar-refractivity contribution in [2.45, 2.75) is 0 Å². The summed E-state index contributed by atoms with van der Waals surface area (Å²) in [5.74, 6) is 0.279. The molecule has 0 saturated heterocycles. The number of carbonyl (C=O) groups is 2. The third-order valence-electron chi connectivity index (χ3n) is 4.11. The molecule has 0 radical (unpaired) electrons. The first-order valence-corrected chi connectivity index (χ1v) is 8.42. The van der Waals surface area contributed by atoms with Crippen molar-refractivity contribution < 1.29 is 14.3 Å². The van der Waals surface area contributed by atoms with Crippen molar-refractivity contribution in [1.82, 2.24) is 10.2 Å². The average molecular weight is 360 g/mol. The van der Waals surface area contributed by atoms with Gasteiger partial charge in [-0.25, -0.2) is 0 Å². The summed E-state index contributed by atoms with van der Waals surface area (Å²) >= 11 is 0. The predicted molar refractivity (Wildman–Crippen MR) is 100 cm³/mol. The Hall–Kier alpha value is -3.74. The number of hydrogen-bond donors (Lipinski definition) is 1. The second-order valence-electron chi connectivity index (χ2n) is 5.95. The first-order chi connectivity index (χ1) is 13.2. The van der Waals surface area contributed by atoms with Gasteiger partial charge in [0, 0.05) is 5.56 Å². The summed E-state index contributed by atoms with van der Waals surface area (Å²) in [6.45, 7) is -0.211. The Morgan fingerprint density at radius 2 is 1.78 bits per heavy atom. The molecule has 1 aliphatic heterocycles. The zero-order chi connectivity index (χ0) is 18.6. The van der Waals surface area contributed by atoms with Gasteiger partial charge < -0.3 is 10.1 Å². The maximum atomic E-state index is 12.4. The molecule has 1 aliphatic rings. The van der Waals surface area contributed by atoms with Crippen molar-refractivity contribution in [2.24, 2.45) is 0 Å². The first-order valence-electron chi connectivity index (χ1n) is 8.42. The van der Waals surface area contributed by atoms with E-state index in [0.29, 0.717) is 22.9 Å². The number of ether oxygens (including phenoxy) is 1. The number of hydrogen-bond acceptors (Lipinski definition) is 5. The Bertz CT molecular complexity index is 974. The fourth-order valence-electron chi connectivity index (χ4n) is 2.82. The molecule has 0 aliphatic carbocycles. The normalized spacial score (nSPS) is 12.9. The zero-order valence-corrected chi connectivity index (χ0v) is 14.3. The number of benzene rings is 2. The third-order valence-corrected chi connectivity index (χ3v) is 4.11. The molecule has 4 rings (SSSR count). The van der Waals surface area contributed by atoms with E-state index in [2.05, 4.69) is 15.5 Å². The van der Waals surface area contributed by atoms with Crippen LogP contribution in [0.2, 0.25) is 0 Å². The van der Waals surface area contributed by atoms with E-state index in [1.54, 1.807) is 30.3 Å². The smallest absolute Gasteiger partial charge is 0.265 e. The molecule has 0 fully saturated rings. The van der Waals surface area contributed by atoms with E-state index in [1.165, 1.54) is 4.90 Å². The van der Waals surface area contributed by atoms with E-state index < -0.39 is 0 Å². The fourth-order valence-corrected chi connectivity index (χ4v) is 2.82. The number of rotatable bonds is 4. The maximum absolute atomic E-state index is 12.4. The Balaban J connectivity index is 1.45. The van der Waals surface area contributed by atoms with Crippen LogP contribution >= 0.6 is 0 Å². The number of amides is 2. The minimum atomic E-state index is -0.359. The zero-order valence-electron chi connectivity index (χ0n) is 14.3. The van der Waals surface area contributed by atoms with Gasteiger partial charge in [-0.3, -0.25) is 14.5 Å². The lowest BCUT2D eigenvalue weighted by atomic mass is 10.1. The predicted octanol–water partition coefficient (Wildman–Crippen LogP) is 2.51. The second kappa shape index (κ2) is 7.25. The van der Waals surface area contributed by atoms with Crippen LogP contribution in [-0.4, -0.2) is 35.2 Å². The van der Waals surface area contributed by atoms with E-state index in [0.717, 1.165) is 5.56 Å². The number of para-hydroxylation sites is 2. The van der Waals surface area contributed by atoms with Crippen LogP contribution in [0.4, 0.5) is 11.5 Å². The number of nitrogens with zero attached hydrogens (tertiary/aromatic N) is 3. The monoisotopic (exact) mass is 360 g/mol. The van der Waals surface area contributed by atoms with Gasteiger partial charge in [0.25, 0.3) is 5.91 Å². The van der Waals surface area contributed by atoms with Crippen molar-refractivity contribution in [3.8, 4) is 17.0 Å². The summed E-state index contributed by atoms with van der Waals surface area (Å²) in [5.41, 5.74) is 2.23. The van der Waals surface area contributed by atoms with Crippen LogP contribution in [0.15, 0.2) is 66.7 Å². The molecule has 3 aromatic rings. The highest BCUT2D eigenvalue weighted by Gasteiger charge is 2.27. The lowest BCUT2D eigenvalue weighted by Crippen LogP contribution is -2.43. The first kappa shape index (κ1) is 16.7. The summed E-state index contributed by atoms with van der Waals surface area (Å²) in [6, 6.07) is 20.2. The van der Waals surface area contributed by atoms with Gasteiger partial charge in [0.2, 0.25) is 5.91 Å². The van der Waals surface area contributed by atoms with Crippen LogP contribution in [0.25, 0.3) is 11.3 Å². The van der Waals surface area contributed by atoms with Gasteiger partial charge in [-0.1, -0.05) is 42.5 Å². The fraction of sp³-hybridized carbons (Fsp3) is 0.100. The Morgan fingerprint density at radius 3 is 2.56 bits per heavy atom. The molecule has 0 bridgehead atoms. The van der Waals surface area contributed by atoms with Gasteiger partial charge in [0.05, 0.1) is 11.4 Å². The van der Waals surface area contributed by atoms with Gasteiger partial charge in [0.15, 0.2) is 12.4 Å². The molecule has 7 nitrogen and oxygen atoms in total. The molecule has 0 unspecified atom stereocenters. The Morgan fingerprint density at radius 1 is 1.00 bits per heavy atom. The molecule has 1 N–H and O–H groups in total. The van der Waals surface area contributed by atoms with Gasteiger partial charge in [-0.2, -0.15) is 0 Å². The van der Waals surface area contributed by atoms with E-state index in [-0.39, 0.29) is 25.0 Å².